The molecule has 2 aromatic heterocycles. The summed E-state index contributed by atoms with van der Waals surface area (Å²) in [6.07, 6.45) is 3.38. The molecule has 1 atom stereocenters. The van der Waals surface area contributed by atoms with Crippen molar-refractivity contribution in [3.63, 3.8) is 0 Å². The third-order valence-electron chi connectivity index (χ3n) is 4.34. The Kier molecular flexibility index (Phi) is 6.95. The van der Waals surface area contributed by atoms with Gasteiger partial charge in [-0.25, -0.2) is 4.98 Å². The van der Waals surface area contributed by atoms with E-state index in [-0.39, 0.29) is 29.9 Å². The molecule has 2 aromatic rings. The van der Waals surface area contributed by atoms with Gasteiger partial charge in [0.15, 0.2) is 4.96 Å². The van der Waals surface area contributed by atoms with E-state index >= 15 is 0 Å². The Morgan fingerprint density at radius 1 is 1.36 bits per heavy atom. The van der Waals surface area contributed by atoms with Crippen LogP contribution in [0.5, 0.6) is 0 Å². The van der Waals surface area contributed by atoms with Gasteiger partial charge in [-0.2, -0.15) is 0 Å². The van der Waals surface area contributed by atoms with Crippen LogP contribution >= 0.6 is 23.7 Å². The van der Waals surface area contributed by atoms with E-state index in [2.05, 4.69) is 9.88 Å². The first-order chi connectivity index (χ1) is 11.6. The van der Waals surface area contributed by atoms with Crippen LogP contribution in [0.1, 0.15) is 25.5 Å². The fraction of sp³-hybridized carbons (Fsp3) is 0.562. The molecule has 0 radical (unpaired) electrons. The second-order valence-corrected chi connectivity index (χ2v) is 7.01. The Labute approximate surface area is 156 Å². The van der Waals surface area contributed by atoms with Crippen LogP contribution in [0.2, 0.25) is 0 Å². The van der Waals surface area contributed by atoms with E-state index in [1.165, 1.54) is 11.3 Å². The number of thiazole rings is 1. The van der Waals surface area contributed by atoms with E-state index in [1.807, 2.05) is 17.2 Å². The van der Waals surface area contributed by atoms with Gasteiger partial charge in [-0.05, 0) is 6.42 Å². The minimum absolute atomic E-state index is 0. The van der Waals surface area contributed by atoms with Crippen molar-refractivity contribution in [3.05, 3.63) is 33.7 Å². The first-order valence-corrected chi connectivity index (χ1v) is 9.19. The van der Waals surface area contributed by atoms with E-state index in [4.69, 9.17) is 5.73 Å². The van der Waals surface area contributed by atoms with Gasteiger partial charge in [0.05, 0.1) is 11.7 Å². The molecule has 0 aliphatic carbocycles. The first kappa shape index (κ1) is 19.8. The van der Waals surface area contributed by atoms with Crippen LogP contribution in [-0.4, -0.2) is 57.3 Å². The Balaban J connectivity index is 0.00000225. The summed E-state index contributed by atoms with van der Waals surface area (Å²) in [5.74, 6) is 0.0490. The minimum Gasteiger partial charge on any atom is -0.339 e. The van der Waals surface area contributed by atoms with Crippen LogP contribution in [-0.2, 0) is 11.3 Å². The average Bonchev–Trinajstić information content (AvgIpc) is 3.04. The van der Waals surface area contributed by atoms with Crippen LogP contribution in [0.25, 0.3) is 4.96 Å². The summed E-state index contributed by atoms with van der Waals surface area (Å²) in [6, 6.07) is 1.21. The molecule has 1 fully saturated rings. The fourth-order valence-electron chi connectivity index (χ4n) is 2.99. The first-order valence-electron chi connectivity index (χ1n) is 8.31. The molecule has 3 rings (SSSR count). The van der Waals surface area contributed by atoms with Crippen molar-refractivity contribution in [3.8, 4) is 0 Å². The summed E-state index contributed by atoms with van der Waals surface area (Å²) >= 11 is 1.46. The molecule has 1 saturated heterocycles. The highest BCUT2D eigenvalue weighted by Crippen LogP contribution is 2.11. The molecule has 9 heteroatoms. The molecular formula is C16H24ClN5O2S. The number of aromatic nitrogens is 2. The van der Waals surface area contributed by atoms with Crippen molar-refractivity contribution >= 4 is 34.6 Å². The topological polar surface area (TPSA) is 83.9 Å². The zero-order valence-electron chi connectivity index (χ0n) is 14.3. The van der Waals surface area contributed by atoms with Gasteiger partial charge in [0, 0.05) is 50.4 Å². The van der Waals surface area contributed by atoms with Gasteiger partial charge in [-0.15, -0.1) is 23.7 Å². The van der Waals surface area contributed by atoms with E-state index in [0.717, 1.165) is 36.6 Å². The molecule has 25 heavy (non-hydrogen) atoms. The predicted octanol–water partition coefficient (Wildman–Crippen LogP) is 0.949. The molecule has 2 N–H and O–H groups in total. The lowest BCUT2D eigenvalue weighted by Gasteiger charge is -2.35. The Bertz CT molecular complexity index is 769. The van der Waals surface area contributed by atoms with Crippen LogP contribution in [0.4, 0.5) is 0 Å². The Hall–Kier alpha value is -1.48. The number of halogens is 1. The maximum absolute atomic E-state index is 12.2. The zero-order chi connectivity index (χ0) is 17.1. The second kappa shape index (κ2) is 8.75. The number of piperazine rings is 1. The van der Waals surface area contributed by atoms with Crippen molar-refractivity contribution in [1.29, 1.82) is 0 Å². The summed E-state index contributed by atoms with van der Waals surface area (Å²) < 4.78 is 1.56. The second-order valence-electron chi connectivity index (χ2n) is 6.14. The Morgan fingerprint density at radius 3 is 2.76 bits per heavy atom. The van der Waals surface area contributed by atoms with Crippen molar-refractivity contribution in [2.24, 2.45) is 5.73 Å². The van der Waals surface area contributed by atoms with Crippen molar-refractivity contribution in [2.45, 2.75) is 32.4 Å². The molecule has 1 aliphatic heterocycles. The number of fused-ring (bicyclic) bond motifs is 1. The molecule has 0 saturated carbocycles. The molecule has 7 nitrogen and oxygen atoms in total. The summed E-state index contributed by atoms with van der Waals surface area (Å²) in [7, 11) is 0. The van der Waals surface area contributed by atoms with Gasteiger partial charge in [-0.1, -0.05) is 13.3 Å². The van der Waals surface area contributed by atoms with Crippen LogP contribution in [0, 0.1) is 0 Å². The highest BCUT2D eigenvalue weighted by molar-refractivity contribution is 7.15. The highest BCUT2D eigenvalue weighted by atomic mass is 35.5. The Morgan fingerprint density at radius 2 is 2.08 bits per heavy atom. The van der Waals surface area contributed by atoms with Gasteiger partial charge in [0.25, 0.3) is 5.56 Å². The number of carbonyl (C=O) groups excluding carboxylic acids is 1. The molecule has 1 unspecified atom stereocenters. The van der Waals surface area contributed by atoms with E-state index in [1.54, 1.807) is 16.7 Å². The number of hydrogen-bond donors (Lipinski definition) is 1. The van der Waals surface area contributed by atoms with Crippen molar-refractivity contribution in [1.82, 2.24) is 19.2 Å². The number of rotatable bonds is 5. The fourth-order valence-corrected chi connectivity index (χ4v) is 3.73. The van der Waals surface area contributed by atoms with Crippen LogP contribution < -0.4 is 11.3 Å². The smallest absolute Gasteiger partial charge is 0.258 e. The van der Waals surface area contributed by atoms with Crippen LogP contribution in [0.3, 0.4) is 0 Å². The summed E-state index contributed by atoms with van der Waals surface area (Å²) in [5.41, 5.74) is 6.66. The average molecular weight is 386 g/mol. The van der Waals surface area contributed by atoms with Gasteiger partial charge >= 0.3 is 0 Å². The maximum Gasteiger partial charge on any atom is 0.258 e. The summed E-state index contributed by atoms with van der Waals surface area (Å²) in [4.78, 5) is 33.6. The van der Waals surface area contributed by atoms with E-state index < -0.39 is 0 Å². The third-order valence-corrected chi connectivity index (χ3v) is 5.10. The lowest BCUT2D eigenvalue weighted by atomic mass is 10.1. The van der Waals surface area contributed by atoms with Gasteiger partial charge < -0.3 is 10.6 Å². The number of hydrogen-bond acceptors (Lipinski definition) is 6. The van der Waals surface area contributed by atoms with Gasteiger partial charge in [0.2, 0.25) is 5.91 Å². The van der Waals surface area contributed by atoms with Gasteiger partial charge in [-0.3, -0.25) is 18.9 Å². The molecule has 3 heterocycles. The lowest BCUT2D eigenvalue weighted by Crippen LogP contribution is -2.52. The summed E-state index contributed by atoms with van der Waals surface area (Å²) in [6.45, 7) is 5.57. The minimum atomic E-state index is -0.385. The molecular weight excluding hydrogens is 362 g/mol. The number of nitrogens with two attached hydrogens (primary N) is 1. The van der Waals surface area contributed by atoms with Crippen molar-refractivity contribution < 1.29 is 4.79 Å². The molecule has 0 aromatic carbocycles. The van der Waals surface area contributed by atoms with Crippen molar-refractivity contribution in [2.75, 3.05) is 26.2 Å². The number of carbonyl (C=O) groups is 1. The monoisotopic (exact) mass is 385 g/mol. The maximum atomic E-state index is 12.2. The molecule has 138 valence electrons. The quantitative estimate of drug-likeness (QED) is 0.828. The normalized spacial score (nSPS) is 16.6. The highest BCUT2D eigenvalue weighted by Gasteiger charge is 2.25. The third kappa shape index (κ3) is 4.58. The van der Waals surface area contributed by atoms with Gasteiger partial charge in [0.1, 0.15) is 0 Å². The van der Waals surface area contributed by atoms with E-state index in [0.29, 0.717) is 19.6 Å². The predicted molar refractivity (Wildman–Crippen MR) is 101 cm³/mol. The summed E-state index contributed by atoms with van der Waals surface area (Å²) in [5, 5.41) is 1.86. The molecule has 0 spiro atoms. The number of nitrogens with zero attached hydrogens (tertiary/aromatic N) is 4. The molecule has 1 aliphatic rings. The lowest BCUT2D eigenvalue weighted by molar-refractivity contribution is -0.134. The molecule has 0 bridgehead atoms. The largest absolute Gasteiger partial charge is 0.339 e. The number of amides is 1. The standard InChI is InChI=1S/C16H23N5O2S.ClH/c1-2-3-13(17)15(23)20-6-4-19(5-7-20)11-12-10-14(22)21-8-9-24-16(21)18-12;/h8-10,13H,2-7,11,17H2,1H3;1H. The van der Waals surface area contributed by atoms with Crippen LogP contribution in [0.15, 0.2) is 22.4 Å². The molecule has 1 amide bonds. The van der Waals surface area contributed by atoms with E-state index in [9.17, 15) is 9.59 Å². The zero-order valence-corrected chi connectivity index (χ0v) is 15.9. The SMILES string of the molecule is CCCC(N)C(=O)N1CCN(Cc2cc(=O)n3ccsc3n2)CC1.Cl.